The smallest absolute Gasteiger partial charge is 0.222 e. The quantitative estimate of drug-likeness (QED) is 0.625. The van der Waals surface area contributed by atoms with E-state index in [4.69, 9.17) is 9.47 Å². The average molecular weight is 335 g/mol. The zero-order valence-electron chi connectivity index (χ0n) is 11.2. The van der Waals surface area contributed by atoms with Crippen molar-refractivity contribution in [3.05, 3.63) is 35.9 Å². The summed E-state index contributed by atoms with van der Waals surface area (Å²) in [5, 5.41) is 0. The molecule has 0 aliphatic carbocycles. The molecule has 0 aromatic heterocycles. The van der Waals surface area contributed by atoms with Crippen LogP contribution in [0.1, 0.15) is 18.4 Å². The van der Waals surface area contributed by atoms with Crippen LogP contribution in [-0.4, -0.2) is 31.8 Å². The molecule has 1 aliphatic rings. The monoisotopic (exact) mass is 335 g/mol. The van der Waals surface area contributed by atoms with Gasteiger partial charge in [0, 0.05) is 53.3 Å². The summed E-state index contributed by atoms with van der Waals surface area (Å²) < 4.78 is 10.1. The molecule has 1 aromatic rings. The Morgan fingerprint density at radius 2 is 2.00 bits per heavy atom. The largest absolute Gasteiger partial charge is 0.468 e. The van der Waals surface area contributed by atoms with Gasteiger partial charge in [0.25, 0.3) is 0 Å². The first-order valence-electron chi connectivity index (χ1n) is 5.82. The van der Waals surface area contributed by atoms with Crippen molar-refractivity contribution in [1.29, 1.82) is 0 Å². The summed E-state index contributed by atoms with van der Waals surface area (Å²) in [7, 11) is 3.36. The van der Waals surface area contributed by atoms with Crippen LogP contribution in [0.3, 0.4) is 0 Å². The molecule has 0 atom stereocenters. The Labute approximate surface area is 138 Å². The number of rotatable bonds is 4. The van der Waals surface area contributed by atoms with Crippen molar-refractivity contribution in [3.8, 4) is 5.75 Å². The van der Waals surface area contributed by atoms with E-state index < -0.39 is 0 Å². The van der Waals surface area contributed by atoms with Crippen molar-refractivity contribution in [2.45, 2.75) is 12.8 Å². The van der Waals surface area contributed by atoms with Gasteiger partial charge in [-0.25, -0.2) is 6.08 Å². The molecule has 0 bridgehead atoms. The molecular formula is C14H16NO3Y-. The first-order chi connectivity index (χ1) is 8.72. The van der Waals surface area contributed by atoms with Crippen LogP contribution in [0, 0.1) is 6.08 Å². The second kappa shape index (κ2) is 7.78. The van der Waals surface area contributed by atoms with Gasteiger partial charge in [-0.15, -0.1) is 24.3 Å². The van der Waals surface area contributed by atoms with E-state index in [1.54, 1.807) is 19.1 Å². The van der Waals surface area contributed by atoms with Gasteiger partial charge < -0.3 is 14.4 Å². The van der Waals surface area contributed by atoms with Crippen LogP contribution in [0.25, 0.3) is 5.70 Å². The summed E-state index contributed by atoms with van der Waals surface area (Å²) in [6.45, 7) is 0.229. The summed E-state index contributed by atoms with van der Waals surface area (Å²) in [4.78, 5) is 13.3. The van der Waals surface area contributed by atoms with E-state index in [9.17, 15) is 4.79 Å². The number of hydrogen-bond donors (Lipinski definition) is 0. The zero-order chi connectivity index (χ0) is 13.0. The minimum absolute atomic E-state index is 0. The zero-order valence-corrected chi connectivity index (χ0v) is 14.0. The molecule has 0 N–H and O–H groups in total. The number of nitrogens with zero attached hydrogens (tertiary/aromatic N) is 1. The molecule has 19 heavy (non-hydrogen) atoms. The third-order valence-corrected chi connectivity index (χ3v) is 2.81. The Balaban J connectivity index is 0.00000180. The minimum atomic E-state index is 0. The molecule has 4 nitrogen and oxygen atoms in total. The fraction of sp³-hybridized carbons (Fsp3) is 0.357. The fourth-order valence-corrected chi connectivity index (χ4v) is 1.83. The van der Waals surface area contributed by atoms with Crippen LogP contribution in [0.5, 0.6) is 5.75 Å². The molecule has 2 rings (SSSR count). The summed E-state index contributed by atoms with van der Waals surface area (Å²) in [5.41, 5.74) is 1.81. The predicted molar refractivity (Wildman–Crippen MR) is 67.6 cm³/mol. The first kappa shape index (κ1) is 16.3. The Kier molecular flexibility index (Phi) is 6.69. The average Bonchev–Trinajstić information content (AvgIpc) is 2.40. The molecule has 1 amide bonds. The van der Waals surface area contributed by atoms with Crippen LogP contribution in [-0.2, 0) is 42.2 Å². The van der Waals surface area contributed by atoms with Crippen molar-refractivity contribution in [1.82, 2.24) is 4.90 Å². The topological polar surface area (TPSA) is 38.8 Å². The Morgan fingerprint density at radius 1 is 1.32 bits per heavy atom. The van der Waals surface area contributed by atoms with Gasteiger partial charge in [-0.2, -0.15) is 5.56 Å². The number of benzene rings is 1. The van der Waals surface area contributed by atoms with Gasteiger partial charge in [0.15, 0.2) is 6.79 Å². The number of ether oxygens (including phenoxy) is 2. The maximum absolute atomic E-state index is 11.6. The maximum Gasteiger partial charge on any atom is 0.222 e. The van der Waals surface area contributed by atoms with Gasteiger partial charge in [0.2, 0.25) is 5.91 Å². The molecule has 1 aromatic carbocycles. The van der Waals surface area contributed by atoms with E-state index >= 15 is 0 Å². The number of methoxy groups -OCH3 is 1. The SMILES string of the molecule is COCOc1ccc(C2=[C-]CCC(=O)N2C)cc1.[Y]. The Bertz CT molecular complexity index is 456. The van der Waals surface area contributed by atoms with Crippen LogP contribution < -0.4 is 4.74 Å². The van der Waals surface area contributed by atoms with E-state index in [0.29, 0.717) is 12.8 Å². The molecule has 0 unspecified atom stereocenters. The predicted octanol–water partition coefficient (Wildman–Crippen LogP) is 2.06. The van der Waals surface area contributed by atoms with Crippen molar-refractivity contribution >= 4 is 11.6 Å². The van der Waals surface area contributed by atoms with Gasteiger partial charge in [0.05, 0.1) is 0 Å². The molecule has 0 saturated heterocycles. The van der Waals surface area contributed by atoms with E-state index in [0.717, 1.165) is 17.0 Å². The van der Waals surface area contributed by atoms with Crippen LogP contribution in [0.2, 0.25) is 0 Å². The molecule has 1 heterocycles. The number of carbonyl (C=O) groups excluding carboxylic acids is 1. The number of allylic oxidation sites excluding steroid dienone is 1. The maximum atomic E-state index is 11.6. The second-order valence-corrected chi connectivity index (χ2v) is 4.05. The standard InChI is InChI=1S/C14H16NO3.Y/c1-15-13(4-3-5-14(15)16)11-6-8-12(9-7-11)18-10-17-2;/h6-9H,3,5,10H2,1-2H3;/q-1;. The third-order valence-electron chi connectivity index (χ3n) is 2.81. The van der Waals surface area contributed by atoms with Gasteiger partial charge in [-0.3, -0.25) is 4.79 Å². The number of carbonyl (C=O) groups is 1. The molecule has 0 fully saturated rings. The Morgan fingerprint density at radius 3 is 2.63 bits per heavy atom. The number of hydrogen-bond acceptors (Lipinski definition) is 3. The minimum Gasteiger partial charge on any atom is -0.468 e. The van der Waals surface area contributed by atoms with Crippen molar-refractivity contribution in [3.63, 3.8) is 0 Å². The summed E-state index contributed by atoms with van der Waals surface area (Å²) in [5.74, 6) is 0.870. The van der Waals surface area contributed by atoms with Gasteiger partial charge >= 0.3 is 0 Å². The third kappa shape index (κ3) is 4.13. The van der Waals surface area contributed by atoms with E-state index in [1.807, 2.05) is 24.3 Å². The van der Waals surface area contributed by atoms with E-state index in [-0.39, 0.29) is 45.4 Å². The van der Waals surface area contributed by atoms with Crippen LogP contribution >= 0.6 is 0 Å². The molecule has 1 radical (unpaired) electrons. The van der Waals surface area contributed by atoms with Crippen LogP contribution in [0.4, 0.5) is 0 Å². The molecule has 0 saturated carbocycles. The van der Waals surface area contributed by atoms with Gasteiger partial charge in [0.1, 0.15) is 5.75 Å². The molecule has 99 valence electrons. The van der Waals surface area contributed by atoms with Crippen molar-refractivity contribution in [2.24, 2.45) is 0 Å². The van der Waals surface area contributed by atoms with Gasteiger partial charge in [-0.05, 0) is 12.1 Å². The second-order valence-electron chi connectivity index (χ2n) is 4.05. The van der Waals surface area contributed by atoms with Crippen molar-refractivity contribution in [2.75, 3.05) is 21.0 Å². The van der Waals surface area contributed by atoms with E-state index in [2.05, 4.69) is 6.08 Å². The fourth-order valence-electron chi connectivity index (χ4n) is 1.83. The van der Waals surface area contributed by atoms with E-state index in [1.165, 1.54) is 0 Å². The molecule has 0 spiro atoms. The summed E-state index contributed by atoms with van der Waals surface area (Å²) >= 11 is 0. The van der Waals surface area contributed by atoms with Gasteiger partial charge in [-0.1, -0.05) is 0 Å². The summed E-state index contributed by atoms with van der Waals surface area (Å²) in [6.07, 6.45) is 4.45. The first-order valence-corrected chi connectivity index (χ1v) is 5.82. The molecule has 5 heteroatoms. The normalized spacial score (nSPS) is 14.7. The van der Waals surface area contributed by atoms with Crippen molar-refractivity contribution < 1.29 is 47.0 Å². The molecule has 1 aliphatic heterocycles. The van der Waals surface area contributed by atoms with Crippen LogP contribution in [0.15, 0.2) is 24.3 Å². The summed E-state index contributed by atoms with van der Waals surface area (Å²) in [6, 6.07) is 7.55. The Hall–Kier alpha value is -0.706. The molecular weight excluding hydrogens is 319 g/mol. The number of amides is 1.